The van der Waals surface area contributed by atoms with Crippen molar-refractivity contribution in [1.29, 1.82) is 0 Å². The lowest BCUT2D eigenvalue weighted by atomic mass is 10.1. The van der Waals surface area contributed by atoms with Gasteiger partial charge >= 0.3 is 6.09 Å². The zero-order valence-corrected chi connectivity index (χ0v) is 11.8. The summed E-state index contributed by atoms with van der Waals surface area (Å²) in [6, 6.07) is 4.45. The Kier molecular flexibility index (Phi) is 6.12. The third-order valence-electron chi connectivity index (χ3n) is 2.67. The number of hydrogen-bond donors (Lipinski definition) is 2. The van der Waals surface area contributed by atoms with Gasteiger partial charge in [0.25, 0.3) is 5.69 Å². The number of alkyl carbamates (subject to hydrolysis) is 1. The second kappa shape index (κ2) is 7.83. The molecule has 0 aliphatic heterocycles. The van der Waals surface area contributed by atoms with E-state index in [1.165, 1.54) is 12.1 Å². The van der Waals surface area contributed by atoms with E-state index in [0.29, 0.717) is 11.3 Å². The second-order valence-electron chi connectivity index (χ2n) is 4.15. The van der Waals surface area contributed by atoms with Crippen LogP contribution < -0.4 is 10.6 Å². The quantitative estimate of drug-likeness (QED) is 0.615. The smallest absolute Gasteiger partial charge is 0.407 e. The number of nitrogens with one attached hydrogen (secondary N) is 2. The van der Waals surface area contributed by atoms with Crippen LogP contribution in [0.5, 0.6) is 0 Å². The summed E-state index contributed by atoms with van der Waals surface area (Å²) >= 11 is 0. The Balaban J connectivity index is 2.54. The molecule has 0 fully saturated rings. The van der Waals surface area contributed by atoms with Gasteiger partial charge in [-0.15, -0.1) is 0 Å². The third kappa shape index (κ3) is 5.09. The first-order valence-corrected chi connectivity index (χ1v) is 6.40. The normalized spacial score (nSPS) is 9.81. The fourth-order valence-corrected chi connectivity index (χ4v) is 1.63. The number of ether oxygens (including phenoxy) is 1. The highest BCUT2D eigenvalue weighted by atomic mass is 16.6. The van der Waals surface area contributed by atoms with Gasteiger partial charge < -0.3 is 15.4 Å². The molecule has 1 aromatic rings. The topological polar surface area (TPSA) is 111 Å². The van der Waals surface area contributed by atoms with E-state index in [1.807, 2.05) is 0 Å². The lowest BCUT2D eigenvalue weighted by Gasteiger charge is -2.09. The Morgan fingerprint density at radius 3 is 2.71 bits per heavy atom. The van der Waals surface area contributed by atoms with E-state index < -0.39 is 11.0 Å². The Morgan fingerprint density at radius 1 is 1.38 bits per heavy atom. The summed E-state index contributed by atoms with van der Waals surface area (Å²) in [6.07, 6.45) is -0.544. The summed E-state index contributed by atoms with van der Waals surface area (Å²) in [6.45, 7) is 3.62. The molecule has 0 heterocycles. The van der Waals surface area contributed by atoms with Crippen LogP contribution in [0.25, 0.3) is 0 Å². The molecule has 0 bridgehead atoms. The highest BCUT2D eigenvalue weighted by Gasteiger charge is 2.14. The molecule has 0 unspecified atom stereocenters. The van der Waals surface area contributed by atoms with Crippen LogP contribution in [0, 0.1) is 17.0 Å². The lowest BCUT2D eigenvalue weighted by molar-refractivity contribution is -0.385. The van der Waals surface area contributed by atoms with Crippen molar-refractivity contribution < 1.29 is 19.2 Å². The maximum Gasteiger partial charge on any atom is 0.407 e. The minimum absolute atomic E-state index is 0.0426. The molecule has 21 heavy (non-hydrogen) atoms. The Bertz CT molecular complexity index is 545. The third-order valence-corrected chi connectivity index (χ3v) is 2.67. The summed E-state index contributed by atoms with van der Waals surface area (Å²) in [5.74, 6) is -0.351. The summed E-state index contributed by atoms with van der Waals surface area (Å²) < 4.78 is 4.65. The first-order chi connectivity index (χ1) is 9.95. The van der Waals surface area contributed by atoms with Gasteiger partial charge in [-0.05, 0) is 19.9 Å². The SMILES string of the molecule is CCOC(=O)NCCC(=O)Nc1cccc([N+](=O)[O-])c1C. The van der Waals surface area contributed by atoms with Gasteiger partial charge in [0.1, 0.15) is 0 Å². The Hall–Kier alpha value is -2.64. The maximum absolute atomic E-state index is 11.7. The molecular formula is C13H17N3O5. The van der Waals surface area contributed by atoms with Crippen LogP contribution in [0.4, 0.5) is 16.2 Å². The van der Waals surface area contributed by atoms with Crippen molar-refractivity contribution in [2.45, 2.75) is 20.3 Å². The molecule has 114 valence electrons. The molecule has 0 saturated heterocycles. The fraction of sp³-hybridized carbons (Fsp3) is 0.385. The van der Waals surface area contributed by atoms with Gasteiger partial charge in [-0.1, -0.05) is 6.07 Å². The van der Waals surface area contributed by atoms with Crippen LogP contribution >= 0.6 is 0 Å². The van der Waals surface area contributed by atoms with Crippen molar-refractivity contribution in [3.63, 3.8) is 0 Å². The molecule has 0 spiro atoms. The molecule has 2 amide bonds. The molecule has 0 atom stereocenters. The Labute approximate surface area is 121 Å². The van der Waals surface area contributed by atoms with Crippen LogP contribution in [-0.2, 0) is 9.53 Å². The number of anilines is 1. The number of amides is 2. The van der Waals surface area contributed by atoms with Crippen molar-refractivity contribution in [1.82, 2.24) is 5.32 Å². The fourth-order valence-electron chi connectivity index (χ4n) is 1.63. The molecule has 1 aromatic carbocycles. The van der Waals surface area contributed by atoms with Crippen LogP contribution in [-0.4, -0.2) is 30.1 Å². The van der Waals surface area contributed by atoms with Gasteiger partial charge in [0.15, 0.2) is 0 Å². The monoisotopic (exact) mass is 295 g/mol. The van der Waals surface area contributed by atoms with E-state index in [2.05, 4.69) is 15.4 Å². The first-order valence-electron chi connectivity index (χ1n) is 6.40. The predicted molar refractivity (Wildman–Crippen MR) is 76.1 cm³/mol. The van der Waals surface area contributed by atoms with Gasteiger partial charge in [-0.25, -0.2) is 4.79 Å². The van der Waals surface area contributed by atoms with Crippen molar-refractivity contribution in [3.8, 4) is 0 Å². The van der Waals surface area contributed by atoms with Crippen molar-refractivity contribution in [2.24, 2.45) is 0 Å². The number of hydrogen-bond acceptors (Lipinski definition) is 5. The van der Waals surface area contributed by atoms with Gasteiger partial charge in [0.2, 0.25) is 5.91 Å². The standard InChI is InChI=1S/C13H17N3O5/c1-3-21-13(18)14-8-7-12(17)15-10-5-4-6-11(9(10)2)16(19)20/h4-6H,3,7-8H2,1-2H3,(H,14,18)(H,15,17). The molecule has 0 aliphatic carbocycles. The van der Waals surface area contributed by atoms with Crippen LogP contribution in [0.2, 0.25) is 0 Å². The molecule has 8 nitrogen and oxygen atoms in total. The van der Waals surface area contributed by atoms with E-state index in [-0.39, 0.29) is 31.2 Å². The van der Waals surface area contributed by atoms with E-state index in [0.717, 1.165) is 0 Å². The molecule has 0 radical (unpaired) electrons. The van der Waals surface area contributed by atoms with Crippen LogP contribution in [0.1, 0.15) is 18.9 Å². The number of rotatable bonds is 6. The number of nitrogens with zero attached hydrogens (tertiary/aromatic N) is 1. The minimum atomic E-state index is -0.586. The van der Waals surface area contributed by atoms with E-state index in [4.69, 9.17) is 0 Å². The van der Waals surface area contributed by atoms with Gasteiger partial charge in [-0.2, -0.15) is 0 Å². The number of nitro groups is 1. The molecule has 1 rings (SSSR count). The van der Waals surface area contributed by atoms with Gasteiger partial charge in [-0.3, -0.25) is 14.9 Å². The van der Waals surface area contributed by atoms with Crippen LogP contribution in [0.15, 0.2) is 18.2 Å². The van der Waals surface area contributed by atoms with Crippen molar-refractivity contribution in [3.05, 3.63) is 33.9 Å². The highest BCUT2D eigenvalue weighted by molar-refractivity contribution is 5.92. The number of nitro benzene ring substituents is 1. The first kappa shape index (κ1) is 16.4. The Morgan fingerprint density at radius 2 is 2.10 bits per heavy atom. The van der Waals surface area contributed by atoms with E-state index in [1.54, 1.807) is 19.9 Å². The largest absolute Gasteiger partial charge is 0.450 e. The van der Waals surface area contributed by atoms with Gasteiger partial charge in [0, 0.05) is 19.0 Å². The summed E-state index contributed by atoms with van der Waals surface area (Å²) in [4.78, 5) is 33.0. The van der Waals surface area contributed by atoms with Gasteiger partial charge in [0.05, 0.1) is 22.8 Å². The zero-order valence-electron chi connectivity index (χ0n) is 11.8. The van der Waals surface area contributed by atoms with E-state index >= 15 is 0 Å². The van der Waals surface area contributed by atoms with Crippen molar-refractivity contribution >= 4 is 23.4 Å². The highest BCUT2D eigenvalue weighted by Crippen LogP contribution is 2.24. The summed E-state index contributed by atoms with van der Waals surface area (Å²) in [5.41, 5.74) is 0.706. The average Bonchev–Trinajstić information content (AvgIpc) is 2.41. The molecule has 0 saturated carbocycles. The zero-order chi connectivity index (χ0) is 15.8. The van der Waals surface area contributed by atoms with E-state index in [9.17, 15) is 19.7 Å². The molecular weight excluding hydrogens is 278 g/mol. The van der Waals surface area contributed by atoms with Crippen LogP contribution in [0.3, 0.4) is 0 Å². The lowest BCUT2D eigenvalue weighted by Crippen LogP contribution is -2.28. The minimum Gasteiger partial charge on any atom is -0.450 e. The molecule has 0 aromatic heterocycles. The molecule has 8 heteroatoms. The average molecular weight is 295 g/mol. The summed E-state index contributed by atoms with van der Waals surface area (Å²) in [5, 5.41) is 15.8. The predicted octanol–water partition coefficient (Wildman–Crippen LogP) is 1.98. The number of benzene rings is 1. The maximum atomic E-state index is 11.7. The second-order valence-corrected chi connectivity index (χ2v) is 4.15. The molecule has 0 aliphatic rings. The van der Waals surface area contributed by atoms with Crippen molar-refractivity contribution in [2.75, 3.05) is 18.5 Å². The number of carbonyl (C=O) groups excluding carboxylic acids is 2. The molecule has 2 N–H and O–H groups in total. The number of carbonyl (C=O) groups is 2. The summed E-state index contributed by atoms with van der Waals surface area (Å²) in [7, 11) is 0.